The van der Waals surface area contributed by atoms with Crippen molar-refractivity contribution in [3.05, 3.63) is 105 Å². The Bertz CT molecular complexity index is 1620. The highest BCUT2D eigenvalue weighted by molar-refractivity contribution is 6.46. The minimum Gasteiger partial charge on any atom is -0.507 e. The Kier molecular flexibility index (Phi) is 6.76. The van der Waals surface area contributed by atoms with Gasteiger partial charge < -0.3 is 24.5 Å². The lowest BCUT2D eigenvalue weighted by Gasteiger charge is -2.25. The molecule has 4 aromatic rings. The predicted octanol–water partition coefficient (Wildman–Crippen LogP) is 4.76. The Hall–Kier alpha value is -5.12. The number of aliphatic hydroxyl groups is 1. The Morgan fingerprint density at radius 3 is 2.41 bits per heavy atom. The zero-order chi connectivity index (χ0) is 27.7. The summed E-state index contributed by atoms with van der Waals surface area (Å²) in [5, 5.41) is 24.1. The van der Waals surface area contributed by atoms with Gasteiger partial charge in [0, 0.05) is 35.3 Å². The third-order valence-electron chi connectivity index (χ3n) is 6.93. The van der Waals surface area contributed by atoms with E-state index in [0.29, 0.717) is 17.9 Å². The van der Waals surface area contributed by atoms with Crippen LogP contribution in [0.5, 0.6) is 11.5 Å². The van der Waals surface area contributed by atoms with E-state index >= 15 is 0 Å². The van der Waals surface area contributed by atoms with Gasteiger partial charge >= 0.3 is 0 Å². The van der Waals surface area contributed by atoms with Crippen molar-refractivity contribution < 1.29 is 29.1 Å². The molecule has 10 nitrogen and oxygen atoms in total. The van der Waals surface area contributed by atoms with Gasteiger partial charge in [0.1, 0.15) is 17.3 Å². The molecule has 1 saturated heterocycles. The molecule has 1 atom stereocenters. The van der Waals surface area contributed by atoms with Crippen LogP contribution in [0.1, 0.15) is 22.7 Å². The van der Waals surface area contributed by atoms with Crippen LogP contribution in [-0.4, -0.2) is 52.4 Å². The number of fused-ring (bicyclic) bond motifs is 1. The molecule has 3 aromatic carbocycles. The van der Waals surface area contributed by atoms with E-state index in [-0.39, 0.29) is 28.9 Å². The standard InChI is InChI=1S/C29H25N3O7/c1-38-19-9-7-17(8-10-19)27(33)25-26(21-5-3-4-6-24(21)32(36)37)31(29(35)28(25)34)14-13-18-16-30-23-12-11-20(39-2)15-22(18)23/h3-12,15-16,26,30,33H,13-14H2,1-2H3/t26-/m0/s1. The van der Waals surface area contributed by atoms with Gasteiger partial charge in [0.25, 0.3) is 17.4 Å². The van der Waals surface area contributed by atoms with E-state index < -0.39 is 28.4 Å². The quantitative estimate of drug-likeness (QED) is 0.111. The summed E-state index contributed by atoms with van der Waals surface area (Å²) >= 11 is 0. The number of rotatable bonds is 8. The average Bonchev–Trinajstić information content (AvgIpc) is 3.48. The van der Waals surface area contributed by atoms with Crippen LogP contribution in [0, 0.1) is 10.1 Å². The molecule has 0 saturated carbocycles. The molecule has 1 fully saturated rings. The number of aromatic nitrogens is 1. The lowest BCUT2D eigenvalue weighted by molar-refractivity contribution is -0.385. The van der Waals surface area contributed by atoms with Gasteiger partial charge in [-0.2, -0.15) is 0 Å². The van der Waals surface area contributed by atoms with Crippen LogP contribution in [0.3, 0.4) is 0 Å². The number of carbonyl (C=O) groups is 2. The molecular weight excluding hydrogens is 502 g/mol. The second-order valence-corrected chi connectivity index (χ2v) is 9.01. The first kappa shape index (κ1) is 25.5. The van der Waals surface area contributed by atoms with Crippen LogP contribution < -0.4 is 9.47 Å². The van der Waals surface area contributed by atoms with Gasteiger partial charge in [0.15, 0.2) is 0 Å². The summed E-state index contributed by atoms with van der Waals surface area (Å²) in [4.78, 5) is 42.5. The van der Waals surface area contributed by atoms with Crippen LogP contribution in [0.25, 0.3) is 16.7 Å². The van der Waals surface area contributed by atoms with Crippen molar-refractivity contribution in [2.24, 2.45) is 0 Å². The first-order chi connectivity index (χ1) is 18.8. The minimum atomic E-state index is -1.16. The van der Waals surface area contributed by atoms with E-state index in [9.17, 15) is 24.8 Å². The number of para-hydroxylation sites is 1. The average molecular weight is 528 g/mol. The zero-order valence-corrected chi connectivity index (χ0v) is 21.2. The Balaban J connectivity index is 1.60. The van der Waals surface area contributed by atoms with Crippen LogP contribution in [0.4, 0.5) is 5.69 Å². The van der Waals surface area contributed by atoms with E-state index in [1.807, 2.05) is 24.4 Å². The van der Waals surface area contributed by atoms with Crippen molar-refractivity contribution in [2.75, 3.05) is 20.8 Å². The molecule has 0 spiro atoms. The van der Waals surface area contributed by atoms with Gasteiger partial charge in [0.2, 0.25) is 0 Å². The van der Waals surface area contributed by atoms with Gasteiger partial charge in [-0.3, -0.25) is 19.7 Å². The molecule has 2 heterocycles. The number of ketones is 1. The van der Waals surface area contributed by atoms with Gasteiger partial charge in [-0.05, 0) is 60.5 Å². The van der Waals surface area contributed by atoms with Crippen LogP contribution >= 0.6 is 0 Å². The molecule has 2 N–H and O–H groups in total. The van der Waals surface area contributed by atoms with E-state index in [2.05, 4.69) is 4.98 Å². The minimum absolute atomic E-state index is 0.0743. The molecular formula is C29H25N3O7. The monoisotopic (exact) mass is 527 g/mol. The van der Waals surface area contributed by atoms with E-state index in [4.69, 9.17) is 9.47 Å². The first-order valence-electron chi connectivity index (χ1n) is 12.1. The molecule has 0 bridgehead atoms. The van der Waals surface area contributed by atoms with Crippen LogP contribution in [-0.2, 0) is 16.0 Å². The number of nitrogens with zero attached hydrogens (tertiary/aromatic N) is 2. The topological polar surface area (TPSA) is 135 Å². The number of carbonyl (C=O) groups excluding carboxylic acids is 2. The van der Waals surface area contributed by atoms with Crippen molar-refractivity contribution in [2.45, 2.75) is 12.5 Å². The SMILES string of the molecule is COc1ccc(C(O)=C2C(=O)C(=O)N(CCc3c[nH]c4ccc(OC)cc34)[C@H]2c2ccccc2[N+](=O)[O-])cc1. The number of nitrogens with one attached hydrogen (secondary N) is 1. The maximum Gasteiger partial charge on any atom is 0.295 e. The highest BCUT2D eigenvalue weighted by atomic mass is 16.6. The van der Waals surface area contributed by atoms with Crippen molar-refractivity contribution in [1.82, 2.24) is 9.88 Å². The van der Waals surface area contributed by atoms with Crippen molar-refractivity contribution in [3.63, 3.8) is 0 Å². The molecule has 0 aliphatic carbocycles. The summed E-state index contributed by atoms with van der Waals surface area (Å²) in [6.07, 6.45) is 2.16. The lowest BCUT2D eigenvalue weighted by atomic mass is 9.94. The molecule has 10 heteroatoms. The zero-order valence-electron chi connectivity index (χ0n) is 21.2. The number of aromatic amines is 1. The number of nitro benzene ring substituents is 1. The fraction of sp³-hybridized carbons (Fsp3) is 0.172. The lowest BCUT2D eigenvalue weighted by Crippen LogP contribution is -2.32. The van der Waals surface area contributed by atoms with Crippen molar-refractivity contribution >= 4 is 34.0 Å². The number of H-pyrrole nitrogens is 1. The van der Waals surface area contributed by atoms with Crippen LogP contribution in [0.15, 0.2) is 78.5 Å². The third kappa shape index (κ3) is 4.56. The Morgan fingerprint density at radius 1 is 1.03 bits per heavy atom. The van der Waals surface area contributed by atoms with Gasteiger partial charge in [0.05, 0.1) is 36.3 Å². The molecule has 1 amide bonds. The number of nitro groups is 1. The number of Topliss-reactive ketones (excluding diaryl/α,β-unsaturated/α-hetero) is 1. The maximum atomic E-state index is 13.4. The summed E-state index contributed by atoms with van der Waals surface area (Å²) in [6, 6.07) is 16.7. The fourth-order valence-electron chi connectivity index (χ4n) is 4.96. The number of ether oxygens (including phenoxy) is 2. The number of hydrogen-bond acceptors (Lipinski definition) is 7. The summed E-state index contributed by atoms with van der Waals surface area (Å²) in [6.45, 7) is 0.0743. The largest absolute Gasteiger partial charge is 0.507 e. The number of likely N-dealkylation sites (tertiary alicyclic amines) is 1. The fourth-order valence-corrected chi connectivity index (χ4v) is 4.96. The highest BCUT2D eigenvalue weighted by Crippen LogP contribution is 2.42. The number of aliphatic hydroxyl groups excluding tert-OH is 1. The number of benzene rings is 3. The van der Waals surface area contributed by atoms with Gasteiger partial charge in [-0.1, -0.05) is 12.1 Å². The predicted molar refractivity (Wildman–Crippen MR) is 144 cm³/mol. The first-order valence-corrected chi connectivity index (χ1v) is 12.1. The maximum absolute atomic E-state index is 13.4. The second-order valence-electron chi connectivity index (χ2n) is 9.01. The summed E-state index contributed by atoms with van der Waals surface area (Å²) < 4.78 is 10.5. The molecule has 39 heavy (non-hydrogen) atoms. The van der Waals surface area contributed by atoms with Crippen molar-refractivity contribution in [3.8, 4) is 11.5 Å². The van der Waals surface area contributed by atoms with Crippen molar-refractivity contribution in [1.29, 1.82) is 0 Å². The molecule has 0 unspecified atom stereocenters. The van der Waals surface area contributed by atoms with E-state index in [0.717, 1.165) is 16.5 Å². The summed E-state index contributed by atoms with van der Waals surface area (Å²) in [7, 11) is 3.07. The van der Waals surface area contributed by atoms with Gasteiger partial charge in [-0.15, -0.1) is 0 Å². The summed E-state index contributed by atoms with van der Waals surface area (Å²) in [5.41, 5.74) is 1.70. The van der Waals surface area contributed by atoms with E-state index in [1.54, 1.807) is 37.4 Å². The Morgan fingerprint density at radius 2 is 1.72 bits per heavy atom. The third-order valence-corrected chi connectivity index (χ3v) is 6.93. The molecule has 1 aliphatic rings. The number of methoxy groups -OCH3 is 2. The highest BCUT2D eigenvalue weighted by Gasteiger charge is 2.47. The summed E-state index contributed by atoms with van der Waals surface area (Å²) in [5.74, 6) is -0.961. The van der Waals surface area contributed by atoms with Crippen LogP contribution in [0.2, 0.25) is 0 Å². The molecule has 1 aromatic heterocycles. The normalized spacial score (nSPS) is 16.6. The molecule has 0 radical (unpaired) electrons. The van der Waals surface area contributed by atoms with E-state index in [1.165, 1.54) is 30.2 Å². The molecule has 198 valence electrons. The molecule has 1 aliphatic heterocycles. The number of amides is 1. The second kappa shape index (κ2) is 10.3. The smallest absolute Gasteiger partial charge is 0.295 e. The Labute approximate surface area is 223 Å². The number of hydrogen-bond donors (Lipinski definition) is 2. The van der Waals surface area contributed by atoms with Gasteiger partial charge in [-0.25, -0.2) is 0 Å². The molecule has 5 rings (SSSR count).